The Morgan fingerprint density at radius 1 is 0.750 bits per heavy atom. The molecule has 0 radical (unpaired) electrons. The Kier molecular flexibility index (Phi) is 8.65. The summed E-state index contributed by atoms with van der Waals surface area (Å²) in [4.78, 5) is 49.4. The molecule has 0 aliphatic carbocycles. The molecule has 2 amide bonds. The summed E-state index contributed by atoms with van der Waals surface area (Å²) >= 11 is 0. The highest BCUT2D eigenvalue weighted by Gasteiger charge is 2.34. The van der Waals surface area contributed by atoms with Gasteiger partial charge in [-0.2, -0.15) is 0 Å². The lowest BCUT2D eigenvalue weighted by Gasteiger charge is -2.11. The highest BCUT2D eigenvalue weighted by Crippen LogP contribution is 2.18. The number of rotatable bonds is 11. The van der Waals surface area contributed by atoms with Crippen molar-refractivity contribution in [3.63, 3.8) is 0 Å². The second-order valence-electron chi connectivity index (χ2n) is 6.91. The van der Waals surface area contributed by atoms with E-state index in [1.165, 1.54) is 9.80 Å². The molecule has 2 fully saturated rings. The monoisotopic (exact) mass is 400 g/mol. The molecular formula is C18H28N2O8. The number of likely N-dealkylation sites (tertiary alicyclic amines) is 2. The van der Waals surface area contributed by atoms with Gasteiger partial charge in [0, 0.05) is 40.0 Å². The first-order valence-corrected chi connectivity index (χ1v) is 9.35. The van der Waals surface area contributed by atoms with E-state index in [-0.39, 0.29) is 63.0 Å². The van der Waals surface area contributed by atoms with Crippen LogP contribution in [0.2, 0.25) is 0 Å². The minimum atomic E-state index is -0.397. The highest BCUT2D eigenvalue weighted by atomic mass is 16.6. The number of hydrogen-bond donors (Lipinski definition) is 0. The van der Waals surface area contributed by atoms with Crippen molar-refractivity contribution in [2.45, 2.75) is 12.8 Å². The van der Waals surface area contributed by atoms with Crippen molar-refractivity contribution >= 4 is 23.8 Å². The van der Waals surface area contributed by atoms with Crippen LogP contribution in [0.4, 0.5) is 0 Å². The van der Waals surface area contributed by atoms with Crippen molar-refractivity contribution in [2.24, 2.45) is 11.8 Å². The van der Waals surface area contributed by atoms with Crippen molar-refractivity contribution in [1.29, 1.82) is 0 Å². The molecule has 0 bridgehead atoms. The second-order valence-corrected chi connectivity index (χ2v) is 6.91. The molecule has 158 valence electrons. The average Bonchev–Trinajstić information content (AvgIpc) is 3.18. The number of ether oxygens (including phenoxy) is 4. The molecule has 2 aliphatic heterocycles. The standard InChI is InChI=1S/C18H28N2O8/c1-19-11-13(9-15(19)21)17(23)27-7-5-25-3-4-26-6-8-28-18(24)14-10-16(22)20(2)12-14/h13-14H,3-12H2,1-2H3. The van der Waals surface area contributed by atoms with Crippen LogP contribution in [0.15, 0.2) is 0 Å². The highest BCUT2D eigenvalue weighted by molar-refractivity contribution is 5.87. The van der Waals surface area contributed by atoms with Crippen LogP contribution in [-0.2, 0) is 38.1 Å². The van der Waals surface area contributed by atoms with E-state index in [1.54, 1.807) is 14.1 Å². The Morgan fingerprint density at radius 2 is 1.11 bits per heavy atom. The number of esters is 2. The molecule has 2 heterocycles. The zero-order valence-electron chi connectivity index (χ0n) is 16.4. The van der Waals surface area contributed by atoms with Gasteiger partial charge in [0.25, 0.3) is 0 Å². The van der Waals surface area contributed by atoms with E-state index in [9.17, 15) is 19.2 Å². The van der Waals surface area contributed by atoms with Crippen LogP contribution in [0, 0.1) is 11.8 Å². The predicted molar refractivity (Wildman–Crippen MR) is 95.0 cm³/mol. The molecule has 2 rings (SSSR count). The molecule has 0 N–H and O–H groups in total. The van der Waals surface area contributed by atoms with E-state index in [2.05, 4.69) is 0 Å². The molecule has 2 saturated heterocycles. The Balaban J connectivity index is 1.39. The first kappa shape index (κ1) is 22.1. The summed E-state index contributed by atoms with van der Waals surface area (Å²) in [5, 5.41) is 0. The Labute approximate surface area is 164 Å². The molecule has 2 aliphatic rings. The van der Waals surface area contributed by atoms with Crippen LogP contribution in [-0.4, -0.2) is 100 Å². The van der Waals surface area contributed by atoms with Crippen molar-refractivity contribution in [3.05, 3.63) is 0 Å². The average molecular weight is 400 g/mol. The zero-order valence-corrected chi connectivity index (χ0v) is 16.4. The van der Waals surface area contributed by atoms with Gasteiger partial charge in [-0.3, -0.25) is 19.2 Å². The fourth-order valence-electron chi connectivity index (χ4n) is 3.00. The van der Waals surface area contributed by atoms with Gasteiger partial charge in [0.05, 0.1) is 38.3 Å². The first-order chi connectivity index (χ1) is 13.4. The van der Waals surface area contributed by atoms with Gasteiger partial charge in [0.1, 0.15) is 13.2 Å². The minimum Gasteiger partial charge on any atom is -0.463 e. The van der Waals surface area contributed by atoms with Gasteiger partial charge in [-0.15, -0.1) is 0 Å². The van der Waals surface area contributed by atoms with Crippen LogP contribution in [0.1, 0.15) is 12.8 Å². The predicted octanol–water partition coefficient (Wildman–Crippen LogP) is -0.937. The topological polar surface area (TPSA) is 112 Å². The normalized spacial score (nSPS) is 22.1. The number of carbonyl (C=O) groups is 4. The summed E-state index contributed by atoms with van der Waals surface area (Å²) in [5.41, 5.74) is 0. The van der Waals surface area contributed by atoms with E-state index < -0.39 is 11.8 Å². The molecule has 0 spiro atoms. The number of amides is 2. The number of carbonyl (C=O) groups excluding carboxylic acids is 4. The van der Waals surface area contributed by atoms with Crippen LogP contribution in [0.3, 0.4) is 0 Å². The van der Waals surface area contributed by atoms with Crippen LogP contribution >= 0.6 is 0 Å². The maximum atomic E-state index is 11.8. The summed E-state index contributed by atoms with van der Waals surface area (Å²) < 4.78 is 20.8. The van der Waals surface area contributed by atoms with Crippen molar-refractivity contribution in [2.75, 3.05) is 66.8 Å². The van der Waals surface area contributed by atoms with Gasteiger partial charge in [0.15, 0.2) is 0 Å². The second kappa shape index (κ2) is 11.0. The Bertz CT molecular complexity index is 532. The first-order valence-electron chi connectivity index (χ1n) is 9.35. The lowest BCUT2D eigenvalue weighted by molar-refractivity contribution is -0.151. The van der Waals surface area contributed by atoms with Crippen LogP contribution < -0.4 is 0 Å². The summed E-state index contributed by atoms with van der Waals surface area (Å²) in [5.74, 6) is -1.66. The van der Waals surface area contributed by atoms with Crippen LogP contribution in [0.25, 0.3) is 0 Å². The van der Waals surface area contributed by atoms with Gasteiger partial charge in [-0.1, -0.05) is 0 Å². The molecule has 28 heavy (non-hydrogen) atoms. The van der Waals surface area contributed by atoms with E-state index in [0.717, 1.165) is 0 Å². The minimum absolute atomic E-state index is 0.0508. The van der Waals surface area contributed by atoms with Crippen molar-refractivity contribution in [1.82, 2.24) is 9.80 Å². The number of hydrogen-bond acceptors (Lipinski definition) is 8. The fourth-order valence-corrected chi connectivity index (χ4v) is 3.00. The zero-order chi connectivity index (χ0) is 20.5. The van der Waals surface area contributed by atoms with Gasteiger partial charge >= 0.3 is 11.9 Å². The van der Waals surface area contributed by atoms with Gasteiger partial charge in [-0.05, 0) is 0 Å². The lowest BCUT2D eigenvalue weighted by Crippen LogP contribution is -2.24. The fraction of sp³-hybridized carbons (Fsp3) is 0.778. The molecular weight excluding hydrogens is 372 g/mol. The maximum Gasteiger partial charge on any atom is 0.311 e. The van der Waals surface area contributed by atoms with Crippen molar-refractivity contribution < 1.29 is 38.1 Å². The summed E-state index contributed by atoms with van der Waals surface area (Å²) in [6.07, 6.45) is 0.394. The quantitative estimate of drug-likeness (QED) is 0.323. The molecule has 0 saturated carbocycles. The molecule has 2 unspecified atom stereocenters. The maximum absolute atomic E-state index is 11.8. The molecule has 0 aromatic rings. The molecule has 0 aromatic carbocycles. The molecule has 10 nitrogen and oxygen atoms in total. The Morgan fingerprint density at radius 3 is 1.43 bits per heavy atom. The van der Waals surface area contributed by atoms with Gasteiger partial charge < -0.3 is 28.7 Å². The van der Waals surface area contributed by atoms with E-state index in [1.807, 2.05) is 0 Å². The van der Waals surface area contributed by atoms with Crippen molar-refractivity contribution in [3.8, 4) is 0 Å². The lowest BCUT2D eigenvalue weighted by atomic mass is 10.1. The van der Waals surface area contributed by atoms with Gasteiger partial charge in [-0.25, -0.2) is 0 Å². The summed E-state index contributed by atoms with van der Waals surface area (Å²) in [6, 6.07) is 0. The molecule has 2 atom stereocenters. The molecule has 0 aromatic heterocycles. The summed E-state index contributed by atoms with van der Waals surface area (Å²) in [6.45, 7) is 2.15. The van der Waals surface area contributed by atoms with E-state index in [4.69, 9.17) is 18.9 Å². The third kappa shape index (κ3) is 6.75. The SMILES string of the molecule is CN1CC(C(=O)OCCOCCOCCOC(=O)C2CC(=O)N(C)C2)CC1=O. The Hall–Kier alpha value is -2.20. The third-order valence-electron chi connectivity index (χ3n) is 4.66. The largest absolute Gasteiger partial charge is 0.463 e. The smallest absolute Gasteiger partial charge is 0.311 e. The van der Waals surface area contributed by atoms with Gasteiger partial charge in [0.2, 0.25) is 11.8 Å². The van der Waals surface area contributed by atoms with E-state index >= 15 is 0 Å². The third-order valence-corrected chi connectivity index (χ3v) is 4.66. The van der Waals surface area contributed by atoms with Crippen LogP contribution in [0.5, 0.6) is 0 Å². The van der Waals surface area contributed by atoms with E-state index in [0.29, 0.717) is 26.3 Å². The summed E-state index contributed by atoms with van der Waals surface area (Å²) in [7, 11) is 3.32. The number of nitrogens with zero attached hydrogens (tertiary/aromatic N) is 2. The molecule has 10 heteroatoms.